The largest absolute Gasteiger partial charge is 0.454 e. The fourth-order valence-electron chi connectivity index (χ4n) is 1.61. The molecule has 2 aromatic rings. The summed E-state index contributed by atoms with van der Waals surface area (Å²) >= 11 is 0. The van der Waals surface area contributed by atoms with E-state index in [1.165, 1.54) is 18.3 Å². The zero-order chi connectivity index (χ0) is 13.1. The van der Waals surface area contributed by atoms with Crippen LogP contribution in [0.2, 0.25) is 0 Å². The molecule has 1 heterocycles. The number of esters is 1. The topological polar surface area (TPSA) is 55.0 Å². The molecule has 0 saturated heterocycles. The lowest BCUT2D eigenvalue weighted by molar-refractivity contribution is 0.0336. The summed E-state index contributed by atoms with van der Waals surface area (Å²) in [4.78, 5) is 11.8. The van der Waals surface area contributed by atoms with Gasteiger partial charge in [0.1, 0.15) is 17.5 Å². The Kier molecular flexibility index (Phi) is 3.41. The molecule has 94 valence electrons. The minimum absolute atomic E-state index is 0.352. The summed E-state index contributed by atoms with van der Waals surface area (Å²) in [6.45, 7) is 3.43. The molecule has 0 spiro atoms. The standard InChI is InChI=1S/C13H13FN2O2/c1-8-12(7-15-16-8)13(17)18-9(2)10-4-3-5-11(14)6-10/h3-7,9H,1-2H3,(H,15,16)/t9-/m1/s1. The summed E-state index contributed by atoms with van der Waals surface area (Å²) < 4.78 is 18.3. The summed E-state index contributed by atoms with van der Waals surface area (Å²) in [6.07, 6.45) is 0.901. The number of nitrogens with one attached hydrogen (secondary N) is 1. The molecule has 1 N–H and O–H groups in total. The Balaban J connectivity index is 2.10. The number of aromatic amines is 1. The molecule has 2 rings (SSSR count). The third-order valence-corrected chi connectivity index (χ3v) is 2.65. The van der Waals surface area contributed by atoms with Crippen molar-refractivity contribution in [2.75, 3.05) is 0 Å². The number of carbonyl (C=O) groups excluding carboxylic acids is 1. The van der Waals surface area contributed by atoms with Gasteiger partial charge in [0, 0.05) is 5.69 Å². The number of H-pyrrole nitrogens is 1. The van der Waals surface area contributed by atoms with Crippen LogP contribution in [0.3, 0.4) is 0 Å². The van der Waals surface area contributed by atoms with Gasteiger partial charge < -0.3 is 4.74 Å². The normalized spacial score (nSPS) is 12.2. The third-order valence-electron chi connectivity index (χ3n) is 2.65. The van der Waals surface area contributed by atoms with Crippen molar-refractivity contribution in [2.45, 2.75) is 20.0 Å². The quantitative estimate of drug-likeness (QED) is 0.850. The average Bonchev–Trinajstić information content (AvgIpc) is 2.75. The first-order valence-electron chi connectivity index (χ1n) is 5.54. The van der Waals surface area contributed by atoms with Gasteiger partial charge in [-0.05, 0) is 31.5 Å². The summed E-state index contributed by atoms with van der Waals surface area (Å²) in [5.41, 5.74) is 1.65. The van der Waals surface area contributed by atoms with Crippen LogP contribution in [0.5, 0.6) is 0 Å². The maximum Gasteiger partial charge on any atom is 0.342 e. The van der Waals surface area contributed by atoms with Gasteiger partial charge in [-0.1, -0.05) is 12.1 Å². The highest BCUT2D eigenvalue weighted by Crippen LogP contribution is 2.19. The monoisotopic (exact) mass is 248 g/mol. The number of carbonyl (C=O) groups is 1. The first-order chi connectivity index (χ1) is 8.58. The van der Waals surface area contributed by atoms with Gasteiger partial charge in [-0.15, -0.1) is 0 Å². The van der Waals surface area contributed by atoms with E-state index in [0.717, 1.165) is 0 Å². The van der Waals surface area contributed by atoms with Gasteiger partial charge in [0.05, 0.1) is 6.20 Å². The molecule has 0 saturated carbocycles. The highest BCUT2D eigenvalue weighted by atomic mass is 19.1. The number of benzene rings is 1. The average molecular weight is 248 g/mol. The molecule has 18 heavy (non-hydrogen) atoms. The molecule has 4 nitrogen and oxygen atoms in total. The number of rotatable bonds is 3. The molecular formula is C13H13FN2O2. The Labute approximate surface area is 104 Å². The molecule has 0 aliphatic heterocycles. The molecule has 0 unspecified atom stereocenters. The smallest absolute Gasteiger partial charge is 0.342 e. The van der Waals surface area contributed by atoms with E-state index < -0.39 is 12.1 Å². The van der Waals surface area contributed by atoms with Crippen LogP contribution in [0.4, 0.5) is 4.39 Å². The van der Waals surface area contributed by atoms with Crippen LogP contribution in [0.25, 0.3) is 0 Å². The van der Waals surface area contributed by atoms with Crippen molar-refractivity contribution >= 4 is 5.97 Å². The van der Waals surface area contributed by atoms with E-state index in [-0.39, 0.29) is 5.82 Å². The number of aryl methyl sites for hydroxylation is 1. The maximum absolute atomic E-state index is 13.0. The van der Waals surface area contributed by atoms with Crippen LogP contribution in [-0.4, -0.2) is 16.2 Å². The van der Waals surface area contributed by atoms with Crippen molar-refractivity contribution in [2.24, 2.45) is 0 Å². The molecule has 1 aromatic heterocycles. The van der Waals surface area contributed by atoms with Crippen molar-refractivity contribution in [3.63, 3.8) is 0 Å². The van der Waals surface area contributed by atoms with E-state index in [1.807, 2.05) is 0 Å². The van der Waals surface area contributed by atoms with E-state index in [0.29, 0.717) is 16.8 Å². The molecule has 1 aromatic carbocycles. The van der Waals surface area contributed by atoms with Crippen LogP contribution in [0, 0.1) is 12.7 Å². The second-order valence-electron chi connectivity index (χ2n) is 4.01. The Hall–Kier alpha value is -2.17. The minimum Gasteiger partial charge on any atom is -0.454 e. The predicted octanol–water partition coefficient (Wildman–Crippen LogP) is 2.78. The lowest BCUT2D eigenvalue weighted by Crippen LogP contribution is -2.09. The fraction of sp³-hybridized carbons (Fsp3) is 0.231. The number of aromatic nitrogens is 2. The summed E-state index contributed by atoms with van der Waals surface area (Å²) in [5.74, 6) is -0.826. The second-order valence-corrected chi connectivity index (χ2v) is 4.01. The van der Waals surface area contributed by atoms with Crippen LogP contribution < -0.4 is 0 Å². The first-order valence-corrected chi connectivity index (χ1v) is 5.54. The second kappa shape index (κ2) is 5.00. The van der Waals surface area contributed by atoms with Crippen molar-refractivity contribution < 1.29 is 13.9 Å². The summed E-state index contributed by atoms with van der Waals surface area (Å²) in [6, 6.07) is 5.99. The van der Waals surface area contributed by atoms with Gasteiger partial charge in [-0.3, -0.25) is 5.10 Å². The van der Waals surface area contributed by atoms with Gasteiger partial charge >= 0.3 is 5.97 Å². The fourth-order valence-corrected chi connectivity index (χ4v) is 1.61. The number of ether oxygens (including phenoxy) is 1. The van der Waals surface area contributed by atoms with Gasteiger partial charge in [0.2, 0.25) is 0 Å². The summed E-state index contributed by atoms with van der Waals surface area (Å²) in [5, 5.41) is 6.41. The maximum atomic E-state index is 13.0. The predicted molar refractivity (Wildman–Crippen MR) is 63.6 cm³/mol. The lowest BCUT2D eigenvalue weighted by Gasteiger charge is -2.13. The highest BCUT2D eigenvalue weighted by molar-refractivity contribution is 5.90. The SMILES string of the molecule is Cc1[nH]ncc1C(=O)O[C@H](C)c1cccc(F)c1. The highest BCUT2D eigenvalue weighted by Gasteiger charge is 2.17. The van der Waals surface area contributed by atoms with Gasteiger partial charge in [0.25, 0.3) is 0 Å². The molecule has 1 atom stereocenters. The zero-order valence-electron chi connectivity index (χ0n) is 10.1. The molecule has 5 heteroatoms. The van der Waals surface area contributed by atoms with Gasteiger partial charge in [-0.25, -0.2) is 9.18 Å². The van der Waals surface area contributed by atoms with Gasteiger partial charge in [-0.2, -0.15) is 5.10 Å². The molecule has 0 aliphatic carbocycles. The van der Waals surface area contributed by atoms with Crippen molar-refractivity contribution in [1.29, 1.82) is 0 Å². The first kappa shape index (κ1) is 12.3. The van der Waals surface area contributed by atoms with Crippen molar-refractivity contribution in [1.82, 2.24) is 10.2 Å². The number of hydrogen-bond donors (Lipinski definition) is 1. The van der Waals surface area contributed by atoms with E-state index in [2.05, 4.69) is 10.2 Å². The van der Waals surface area contributed by atoms with Crippen LogP contribution in [0.1, 0.15) is 34.6 Å². The number of halogens is 1. The summed E-state index contributed by atoms with van der Waals surface area (Å²) in [7, 11) is 0. The number of hydrogen-bond acceptors (Lipinski definition) is 3. The van der Waals surface area contributed by atoms with Crippen LogP contribution in [0.15, 0.2) is 30.5 Å². The van der Waals surface area contributed by atoms with Crippen LogP contribution in [-0.2, 0) is 4.74 Å². The zero-order valence-corrected chi connectivity index (χ0v) is 10.1. The third kappa shape index (κ3) is 2.56. The van der Waals surface area contributed by atoms with Gasteiger partial charge in [0.15, 0.2) is 0 Å². The number of nitrogens with zero attached hydrogens (tertiary/aromatic N) is 1. The van der Waals surface area contributed by atoms with Crippen molar-refractivity contribution in [3.8, 4) is 0 Å². The molecule has 0 bridgehead atoms. The molecule has 0 radical (unpaired) electrons. The Bertz CT molecular complexity index is 566. The lowest BCUT2D eigenvalue weighted by atomic mass is 10.1. The van der Waals surface area contributed by atoms with E-state index in [1.54, 1.807) is 26.0 Å². The Morgan fingerprint density at radius 3 is 2.89 bits per heavy atom. The molecular weight excluding hydrogens is 235 g/mol. The molecule has 0 aliphatic rings. The Morgan fingerprint density at radius 2 is 2.28 bits per heavy atom. The van der Waals surface area contributed by atoms with E-state index >= 15 is 0 Å². The van der Waals surface area contributed by atoms with E-state index in [4.69, 9.17) is 4.74 Å². The Morgan fingerprint density at radius 1 is 1.50 bits per heavy atom. The minimum atomic E-state index is -0.512. The molecule has 0 fully saturated rings. The van der Waals surface area contributed by atoms with Crippen molar-refractivity contribution in [3.05, 3.63) is 53.1 Å². The molecule has 0 amide bonds. The van der Waals surface area contributed by atoms with E-state index in [9.17, 15) is 9.18 Å². The van der Waals surface area contributed by atoms with Crippen LogP contribution >= 0.6 is 0 Å².